The fraction of sp³-hybridized carbons (Fsp3) is 0.370. The number of benzene rings is 2. The topological polar surface area (TPSA) is 66.9 Å². The summed E-state index contributed by atoms with van der Waals surface area (Å²) in [5.74, 6) is -1.89. The van der Waals surface area contributed by atoms with Gasteiger partial charge in [0, 0.05) is 22.7 Å². The molecule has 176 valence electrons. The number of methoxy groups -OCH3 is 1. The third-order valence-corrected chi connectivity index (χ3v) is 7.58. The van der Waals surface area contributed by atoms with Crippen molar-refractivity contribution < 1.29 is 19.1 Å². The summed E-state index contributed by atoms with van der Waals surface area (Å²) in [4.78, 5) is 44.8. The largest absolute Gasteiger partial charge is 0.495 e. The molecule has 7 heteroatoms. The quantitative estimate of drug-likeness (QED) is 0.593. The van der Waals surface area contributed by atoms with Gasteiger partial charge in [-0.1, -0.05) is 56.6 Å². The minimum Gasteiger partial charge on any atom is -0.495 e. The van der Waals surface area contributed by atoms with E-state index in [1.54, 1.807) is 12.1 Å². The van der Waals surface area contributed by atoms with E-state index in [2.05, 4.69) is 0 Å². The number of anilines is 1. The monoisotopic (exact) mass is 478 g/mol. The van der Waals surface area contributed by atoms with E-state index >= 15 is 0 Å². The summed E-state index contributed by atoms with van der Waals surface area (Å²) in [6.07, 6.45) is 3.83. The minimum absolute atomic E-state index is 0.0590. The van der Waals surface area contributed by atoms with E-state index in [9.17, 15) is 14.4 Å². The first kappa shape index (κ1) is 22.7. The van der Waals surface area contributed by atoms with Gasteiger partial charge in [0.15, 0.2) is 5.78 Å². The summed E-state index contributed by atoms with van der Waals surface area (Å²) >= 11 is 6.27. The lowest BCUT2D eigenvalue weighted by Gasteiger charge is -2.37. The normalized spacial score (nSPS) is 25.4. The van der Waals surface area contributed by atoms with Crippen LogP contribution in [0.15, 0.2) is 42.6 Å². The van der Waals surface area contributed by atoms with Crippen molar-refractivity contribution in [2.24, 2.45) is 17.3 Å². The van der Waals surface area contributed by atoms with Gasteiger partial charge in [0.2, 0.25) is 11.8 Å². The van der Waals surface area contributed by atoms with Gasteiger partial charge in [-0.3, -0.25) is 14.4 Å². The van der Waals surface area contributed by atoms with Crippen LogP contribution < -0.4 is 9.64 Å². The Bertz CT molecular complexity index is 1260. The highest BCUT2D eigenvalue weighted by atomic mass is 35.5. The number of halogens is 1. The number of aryl methyl sites for hydroxylation is 1. The average Bonchev–Trinajstić information content (AvgIpc) is 3.27. The number of ether oxygens (including phenoxy) is 1. The smallest absolute Gasteiger partial charge is 0.240 e. The van der Waals surface area contributed by atoms with Gasteiger partial charge in [-0.25, -0.2) is 4.90 Å². The zero-order valence-electron chi connectivity index (χ0n) is 19.8. The third-order valence-electron chi connectivity index (χ3n) is 7.17. The first-order chi connectivity index (χ1) is 16.1. The first-order valence-electron chi connectivity index (χ1n) is 11.4. The van der Waals surface area contributed by atoms with Crippen LogP contribution in [-0.2, 0) is 14.4 Å². The van der Waals surface area contributed by atoms with E-state index in [1.165, 1.54) is 12.0 Å². The molecule has 0 aromatic heterocycles. The number of fused-ring (bicyclic) bond motifs is 5. The van der Waals surface area contributed by atoms with Crippen LogP contribution in [0.25, 0.3) is 6.08 Å². The van der Waals surface area contributed by atoms with Crippen LogP contribution >= 0.6 is 11.6 Å². The average molecular weight is 479 g/mol. The molecule has 0 spiro atoms. The second-order valence-electron chi connectivity index (χ2n) is 10.2. The van der Waals surface area contributed by atoms with Crippen molar-refractivity contribution in [2.75, 3.05) is 12.0 Å². The molecule has 2 aromatic carbocycles. The second kappa shape index (κ2) is 7.70. The molecule has 34 heavy (non-hydrogen) atoms. The Morgan fingerprint density at radius 2 is 1.74 bits per heavy atom. The molecule has 3 aliphatic heterocycles. The Labute approximate surface area is 204 Å². The molecule has 2 saturated heterocycles. The van der Waals surface area contributed by atoms with Crippen molar-refractivity contribution in [1.82, 2.24) is 4.90 Å². The lowest BCUT2D eigenvalue weighted by Crippen LogP contribution is -2.47. The Balaban J connectivity index is 1.69. The minimum atomic E-state index is -0.791. The van der Waals surface area contributed by atoms with Crippen LogP contribution in [0, 0.1) is 24.2 Å². The van der Waals surface area contributed by atoms with E-state index in [0.29, 0.717) is 16.5 Å². The predicted molar refractivity (Wildman–Crippen MR) is 131 cm³/mol. The number of Topliss-reactive ketones (excluding diaryl/α,β-unsaturated/α-hetero) is 1. The summed E-state index contributed by atoms with van der Waals surface area (Å²) in [6, 6.07) is 10.0. The van der Waals surface area contributed by atoms with Crippen molar-refractivity contribution in [2.45, 2.75) is 39.8 Å². The van der Waals surface area contributed by atoms with Crippen LogP contribution in [0.2, 0.25) is 5.02 Å². The standard InChI is InChI=1S/C27H27ClN2O4/c1-14-12-18(19(34-5)13-17(14)28)30-25(32)20-21(26(30)33)23(24(31)27(2,3)4)29-11-10-15-8-6-7-9-16(15)22(20)29/h6-13,20-23H,1-5H3/t20-,21+,22+,23-/m0/s1. The van der Waals surface area contributed by atoms with Crippen molar-refractivity contribution in [3.8, 4) is 5.75 Å². The number of hydrogen-bond donors (Lipinski definition) is 0. The number of imide groups is 1. The third kappa shape index (κ3) is 3.12. The molecule has 0 N–H and O–H groups in total. The molecular weight excluding hydrogens is 452 g/mol. The van der Waals surface area contributed by atoms with Gasteiger partial charge in [0.1, 0.15) is 11.8 Å². The van der Waals surface area contributed by atoms with Crippen molar-refractivity contribution >= 4 is 41.0 Å². The number of nitrogens with zero attached hydrogens (tertiary/aromatic N) is 2. The molecular formula is C27H27ClN2O4. The molecule has 2 aromatic rings. The van der Waals surface area contributed by atoms with Crippen LogP contribution in [0.5, 0.6) is 5.75 Å². The highest BCUT2D eigenvalue weighted by molar-refractivity contribution is 6.32. The number of amides is 2. The van der Waals surface area contributed by atoms with Crippen LogP contribution in [0.4, 0.5) is 5.69 Å². The van der Waals surface area contributed by atoms with Gasteiger partial charge < -0.3 is 9.64 Å². The zero-order valence-corrected chi connectivity index (χ0v) is 20.6. The fourth-order valence-electron chi connectivity index (χ4n) is 5.52. The van der Waals surface area contributed by atoms with Gasteiger partial charge in [-0.15, -0.1) is 0 Å². The van der Waals surface area contributed by atoms with Gasteiger partial charge in [-0.05, 0) is 35.8 Å². The maximum absolute atomic E-state index is 14.0. The molecule has 0 saturated carbocycles. The van der Waals surface area contributed by atoms with Crippen LogP contribution in [0.1, 0.15) is 43.5 Å². The summed E-state index contributed by atoms with van der Waals surface area (Å²) in [5, 5.41) is 0.484. The SMILES string of the molecule is COc1cc(Cl)c(C)cc1N1C(=O)[C@@H]2[C@H](C1=O)[C@H]1c3ccccc3C=CN1[C@@H]2C(=O)C(C)(C)C. The Morgan fingerprint density at radius 1 is 1.06 bits per heavy atom. The Hall–Kier alpha value is -3.12. The van der Waals surface area contributed by atoms with E-state index in [4.69, 9.17) is 16.3 Å². The molecule has 2 amide bonds. The van der Waals surface area contributed by atoms with Crippen LogP contribution in [0.3, 0.4) is 0 Å². The molecule has 3 heterocycles. The highest BCUT2D eigenvalue weighted by Crippen LogP contribution is 2.55. The molecule has 6 nitrogen and oxygen atoms in total. The maximum atomic E-state index is 14.0. The van der Waals surface area contributed by atoms with Gasteiger partial charge in [0.25, 0.3) is 0 Å². The Kier molecular flexibility index (Phi) is 5.13. The first-order valence-corrected chi connectivity index (χ1v) is 11.7. The lowest BCUT2D eigenvalue weighted by atomic mass is 9.79. The van der Waals surface area contributed by atoms with E-state index in [-0.39, 0.29) is 17.6 Å². The molecule has 0 unspecified atom stereocenters. The summed E-state index contributed by atoms with van der Waals surface area (Å²) < 4.78 is 5.48. The number of rotatable bonds is 3. The molecule has 2 fully saturated rings. The Morgan fingerprint density at radius 3 is 2.41 bits per heavy atom. The maximum Gasteiger partial charge on any atom is 0.240 e. The van der Waals surface area contributed by atoms with Crippen LogP contribution in [-0.4, -0.2) is 35.6 Å². The van der Waals surface area contributed by atoms with Gasteiger partial charge >= 0.3 is 0 Å². The van der Waals surface area contributed by atoms with E-state index in [0.717, 1.165) is 16.7 Å². The molecule has 0 aliphatic carbocycles. The molecule has 5 rings (SSSR count). The lowest BCUT2D eigenvalue weighted by molar-refractivity contribution is -0.135. The van der Waals surface area contributed by atoms with E-state index < -0.39 is 29.3 Å². The summed E-state index contributed by atoms with van der Waals surface area (Å²) in [6.45, 7) is 7.37. The number of carbonyl (C=O) groups excluding carboxylic acids is 3. The summed E-state index contributed by atoms with van der Waals surface area (Å²) in [5.41, 5.74) is 2.35. The zero-order chi connectivity index (χ0) is 24.5. The fourth-order valence-corrected chi connectivity index (χ4v) is 5.68. The second-order valence-corrected chi connectivity index (χ2v) is 10.6. The van der Waals surface area contributed by atoms with Crippen molar-refractivity contribution in [3.05, 3.63) is 64.3 Å². The molecule has 4 atom stereocenters. The number of carbonyl (C=O) groups is 3. The summed E-state index contributed by atoms with van der Waals surface area (Å²) in [7, 11) is 1.48. The molecule has 0 bridgehead atoms. The van der Waals surface area contributed by atoms with Gasteiger partial charge in [-0.2, -0.15) is 0 Å². The molecule has 3 aliphatic rings. The number of hydrogen-bond acceptors (Lipinski definition) is 5. The highest BCUT2D eigenvalue weighted by Gasteiger charge is 2.65. The van der Waals surface area contributed by atoms with Crippen molar-refractivity contribution in [3.63, 3.8) is 0 Å². The predicted octanol–water partition coefficient (Wildman–Crippen LogP) is 4.79. The van der Waals surface area contributed by atoms with Crippen molar-refractivity contribution in [1.29, 1.82) is 0 Å². The van der Waals surface area contributed by atoms with E-state index in [1.807, 2.05) is 69.1 Å². The molecule has 0 radical (unpaired) electrons. The number of ketones is 1. The van der Waals surface area contributed by atoms with Gasteiger partial charge in [0.05, 0.1) is 30.7 Å².